The van der Waals surface area contributed by atoms with Crippen molar-refractivity contribution in [3.05, 3.63) is 35.4 Å². The van der Waals surface area contributed by atoms with Gasteiger partial charge in [0.2, 0.25) is 0 Å². The number of aromatic amines is 1. The molecule has 2 N–H and O–H groups in total. The van der Waals surface area contributed by atoms with Gasteiger partial charge in [-0.15, -0.1) is 0 Å². The molecule has 4 aromatic rings. The first-order valence-corrected chi connectivity index (χ1v) is 17.0. The highest BCUT2D eigenvalue weighted by molar-refractivity contribution is 5.99. The summed E-state index contributed by atoms with van der Waals surface area (Å²) in [4.78, 5) is 19.0. The van der Waals surface area contributed by atoms with E-state index in [0.717, 1.165) is 92.2 Å². The van der Waals surface area contributed by atoms with Crippen molar-refractivity contribution in [1.82, 2.24) is 30.0 Å². The van der Waals surface area contributed by atoms with Crippen molar-refractivity contribution in [3.8, 4) is 17.3 Å². The second-order valence-corrected chi connectivity index (χ2v) is 14.3. The van der Waals surface area contributed by atoms with E-state index in [1.165, 1.54) is 12.8 Å². The second-order valence-electron chi connectivity index (χ2n) is 14.3. The van der Waals surface area contributed by atoms with Crippen LogP contribution in [0.4, 0.5) is 10.2 Å². The van der Waals surface area contributed by atoms with Crippen LogP contribution in [-0.4, -0.2) is 92.8 Å². The Morgan fingerprint density at radius 3 is 2.74 bits per heavy atom. The molecule has 6 aliphatic heterocycles. The number of nitrogens with zero attached hydrogens (tertiary/aromatic N) is 6. The predicted molar refractivity (Wildman–Crippen MR) is 175 cm³/mol. The molecule has 244 valence electrons. The molecule has 7 aliphatic rings. The molecule has 10 nitrogen and oxygen atoms in total. The first-order valence-electron chi connectivity index (χ1n) is 17.0. The van der Waals surface area contributed by atoms with Gasteiger partial charge in [-0.3, -0.25) is 15.0 Å². The van der Waals surface area contributed by atoms with Gasteiger partial charge in [0, 0.05) is 37.3 Å². The molecule has 1 saturated carbocycles. The highest BCUT2D eigenvalue weighted by Gasteiger charge is 2.45. The standard InChI is InChI=1S/C35H44FN7O3/c1-22-15-27-25(19-38-41-27)28-24(22)8-4-14-45-21-35(44)16-23(17-35)7-3-11-42(2)32-26-18-37-31(28)29(36)30(26)39-33(40-32)46-20-34-9-5-12-43(34)13-6-10-34/h15,18-19,23,44H,3-14,16-17,20-21H2,1-2H3,(H,38,41). The molecule has 6 bridgehead atoms. The van der Waals surface area contributed by atoms with E-state index in [0.29, 0.717) is 43.4 Å². The second kappa shape index (κ2) is 11.7. The Morgan fingerprint density at radius 1 is 1.09 bits per heavy atom. The summed E-state index contributed by atoms with van der Waals surface area (Å²) in [5.41, 5.74) is 3.35. The molecule has 2 saturated heterocycles. The monoisotopic (exact) mass is 629 g/mol. The maximum absolute atomic E-state index is 17.0. The zero-order valence-corrected chi connectivity index (χ0v) is 26.9. The van der Waals surface area contributed by atoms with E-state index in [4.69, 9.17) is 24.4 Å². The number of hydrogen-bond acceptors (Lipinski definition) is 9. The molecular formula is C35H44FN7O3. The summed E-state index contributed by atoms with van der Waals surface area (Å²) in [6.07, 6.45) is 12.9. The molecule has 0 atom stereocenters. The first kappa shape index (κ1) is 30.0. The van der Waals surface area contributed by atoms with Gasteiger partial charge in [-0.2, -0.15) is 15.1 Å². The Kier molecular flexibility index (Phi) is 7.61. The fourth-order valence-corrected chi connectivity index (χ4v) is 8.75. The van der Waals surface area contributed by atoms with Crippen LogP contribution in [0.1, 0.15) is 68.9 Å². The van der Waals surface area contributed by atoms with Crippen LogP contribution in [0.15, 0.2) is 18.5 Å². The number of benzene rings is 1. The lowest BCUT2D eigenvalue weighted by atomic mass is 9.69. The van der Waals surface area contributed by atoms with Crippen LogP contribution in [0, 0.1) is 18.7 Å². The average Bonchev–Trinajstić information content (AvgIpc) is 3.75. The van der Waals surface area contributed by atoms with Crippen LogP contribution < -0.4 is 9.64 Å². The van der Waals surface area contributed by atoms with Gasteiger partial charge in [-0.25, -0.2) is 4.39 Å². The average molecular weight is 630 g/mol. The molecule has 46 heavy (non-hydrogen) atoms. The van der Waals surface area contributed by atoms with Gasteiger partial charge in [0.05, 0.1) is 34.8 Å². The number of H-pyrrole nitrogens is 1. The Balaban J connectivity index is 1.23. The minimum absolute atomic E-state index is 0.0216. The van der Waals surface area contributed by atoms with Crippen molar-refractivity contribution in [2.75, 3.05) is 51.4 Å². The summed E-state index contributed by atoms with van der Waals surface area (Å²) in [5, 5.41) is 19.7. The van der Waals surface area contributed by atoms with E-state index in [-0.39, 0.29) is 22.8 Å². The number of hydrogen-bond donors (Lipinski definition) is 2. The third-order valence-electron chi connectivity index (χ3n) is 11.1. The summed E-state index contributed by atoms with van der Waals surface area (Å²) in [5.74, 6) is 0.616. The van der Waals surface area contributed by atoms with Crippen LogP contribution >= 0.6 is 0 Å². The molecule has 0 amide bonds. The maximum atomic E-state index is 17.0. The van der Waals surface area contributed by atoms with E-state index in [9.17, 15) is 5.11 Å². The van der Waals surface area contributed by atoms with E-state index < -0.39 is 11.4 Å². The van der Waals surface area contributed by atoms with Crippen LogP contribution in [0.3, 0.4) is 0 Å². The topological polar surface area (TPSA) is 113 Å². The Bertz CT molecular complexity index is 1760. The molecule has 0 unspecified atom stereocenters. The molecule has 3 aromatic heterocycles. The molecule has 11 rings (SSSR count). The maximum Gasteiger partial charge on any atom is 0.319 e. The third kappa shape index (κ3) is 5.20. The Hall–Kier alpha value is -3.41. The molecule has 3 fully saturated rings. The van der Waals surface area contributed by atoms with Crippen molar-refractivity contribution in [1.29, 1.82) is 0 Å². The van der Waals surface area contributed by atoms with Crippen molar-refractivity contribution in [3.63, 3.8) is 0 Å². The Labute approximate surface area is 268 Å². The molecule has 0 radical (unpaired) electrons. The van der Waals surface area contributed by atoms with Gasteiger partial charge < -0.3 is 19.5 Å². The van der Waals surface area contributed by atoms with Gasteiger partial charge in [0.15, 0.2) is 5.82 Å². The van der Waals surface area contributed by atoms with Gasteiger partial charge in [0.25, 0.3) is 0 Å². The van der Waals surface area contributed by atoms with Gasteiger partial charge in [0.1, 0.15) is 23.6 Å². The number of aromatic nitrogens is 5. The quantitative estimate of drug-likeness (QED) is 0.310. The minimum atomic E-state index is -0.735. The minimum Gasteiger partial charge on any atom is -0.461 e. The highest BCUT2D eigenvalue weighted by atomic mass is 19.1. The third-order valence-corrected chi connectivity index (χ3v) is 11.1. The number of halogens is 1. The molecule has 9 heterocycles. The van der Waals surface area contributed by atoms with Crippen LogP contribution in [0.2, 0.25) is 0 Å². The fraction of sp³-hybridized carbons (Fsp3) is 0.600. The number of aryl methyl sites for hydroxylation is 1. The number of anilines is 1. The van der Waals surface area contributed by atoms with E-state index in [1.54, 1.807) is 12.4 Å². The molecule has 1 aliphatic carbocycles. The molecular weight excluding hydrogens is 585 g/mol. The van der Waals surface area contributed by atoms with Crippen LogP contribution in [0.5, 0.6) is 6.01 Å². The van der Waals surface area contributed by atoms with Crippen molar-refractivity contribution in [2.45, 2.75) is 82.3 Å². The summed E-state index contributed by atoms with van der Waals surface area (Å²) in [7, 11) is 1.99. The summed E-state index contributed by atoms with van der Waals surface area (Å²) >= 11 is 0. The lowest BCUT2D eigenvalue weighted by Gasteiger charge is -2.43. The summed E-state index contributed by atoms with van der Waals surface area (Å²) in [6.45, 7) is 6.36. The van der Waals surface area contributed by atoms with Gasteiger partial charge in [-0.05, 0) is 107 Å². The summed E-state index contributed by atoms with van der Waals surface area (Å²) < 4.78 is 29.4. The number of aliphatic hydroxyl groups is 1. The zero-order valence-electron chi connectivity index (χ0n) is 26.9. The normalized spacial score (nSPS) is 25.3. The number of nitrogens with one attached hydrogen (secondary N) is 1. The SMILES string of the molecule is Cc1cc2[nH]ncc2c2c1CCCOCC1(O)CC(CCCN(C)c3nc(OCC45CCCN4CCC5)nc4c(F)c-2ncc34)C1. The van der Waals surface area contributed by atoms with Crippen molar-refractivity contribution >= 4 is 27.6 Å². The van der Waals surface area contributed by atoms with E-state index in [2.05, 4.69) is 26.1 Å². The lowest BCUT2D eigenvalue weighted by Crippen LogP contribution is -2.47. The van der Waals surface area contributed by atoms with E-state index >= 15 is 4.39 Å². The number of pyridine rings is 1. The molecule has 0 spiro atoms. The molecule has 11 heteroatoms. The van der Waals surface area contributed by atoms with Gasteiger partial charge in [-0.1, -0.05) is 0 Å². The highest BCUT2D eigenvalue weighted by Crippen LogP contribution is 2.42. The lowest BCUT2D eigenvalue weighted by molar-refractivity contribution is -0.126. The van der Waals surface area contributed by atoms with Crippen LogP contribution in [-0.2, 0) is 11.2 Å². The van der Waals surface area contributed by atoms with Crippen LogP contribution in [0.25, 0.3) is 33.1 Å². The molecule has 1 aromatic carbocycles. The number of rotatable bonds is 3. The first-order chi connectivity index (χ1) is 22.3. The Morgan fingerprint density at radius 2 is 1.91 bits per heavy atom. The zero-order chi connectivity index (χ0) is 31.5. The van der Waals surface area contributed by atoms with Gasteiger partial charge >= 0.3 is 6.01 Å². The van der Waals surface area contributed by atoms with E-state index in [1.807, 2.05) is 14.0 Å². The number of ether oxygens (including phenoxy) is 2. The predicted octanol–water partition coefficient (Wildman–Crippen LogP) is 5.34. The number of fused-ring (bicyclic) bond motifs is 2. The fourth-order valence-electron chi connectivity index (χ4n) is 8.75. The smallest absolute Gasteiger partial charge is 0.319 e. The largest absolute Gasteiger partial charge is 0.461 e. The van der Waals surface area contributed by atoms with Crippen molar-refractivity contribution in [2.24, 2.45) is 5.92 Å². The van der Waals surface area contributed by atoms with Crippen molar-refractivity contribution < 1.29 is 19.0 Å². The summed E-state index contributed by atoms with van der Waals surface area (Å²) in [6, 6.07) is 2.27.